The van der Waals surface area contributed by atoms with Crippen molar-refractivity contribution >= 4 is 33.0 Å². The number of aromatic nitrogens is 2. The predicted octanol–water partition coefficient (Wildman–Crippen LogP) is 2.32. The van der Waals surface area contributed by atoms with Gasteiger partial charge < -0.3 is 20.8 Å². The minimum absolute atomic E-state index is 0.0707. The molecule has 33 heavy (non-hydrogen) atoms. The molecule has 0 amide bonds. The van der Waals surface area contributed by atoms with Crippen molar-refractivity contribution < 1.29 is 14.6 Å². The molecule has 2 aromatic carbocycles. The molecule has 7 nitrogen and oxygen atoms in total. The zero-order chi connectivity index (χ0) is 24.0. The number of benzene rings is 2. The summed E-state index contributed by atoms with van der Waals surface area (Å²) in [5.74, 6) is -0.518. The minimum atomic E-state index is -2.34. The number of aliphatic hydroxyl groups is 2. The number of aryl methyl sites for hydroxylation is 1. The number of hydrogen-bond donors (Lipinski definition) is 4. The highest BCUT2D eigenvalue weighted by molar-refractivity contribution is 6.38. The molecule has 1 aliphatic rings. The number of nitriles is 1. The topological polar surface area (TPSA) is 114 Å². The Morgan fingerprint density at radius 2 is 2.09 bits per heavy atom. The fraction of sp³-hybridized carbons (Fsp3) is 0.261. The van der Waals surface area contributed by atoms with E-state index in [-0.39, 0.29) is 18.1 Å². The van der Waals surface area contributed by atoms with E-state index >= 15 is 0 Å². The van der Waals surface area contributed by atoms with E-state index in [1.807, 2.05) is 13.0 Å². The first-order valence-corrected chi connectivity index (χ1v) is 10.2. The molecule has 0 fully saturated rings. The maximum Gasteiger partial charge on any atom is 0.227 e. The summed E-state index contributed by atoms with van der Waals surface area (Å²) in [4.78, 5) is 8.75. The maximum atomic E-state index is 14.2. The highest BCUT2D eigenvalue weighted by atomic mass is 19.1. The van der Waals surface area contributed by atoms with Crippen molar-refractivity contribution in [3.63, 3.8) is 0 Å². The number of anilines is 3. The summed E-state index contributed by atoms with van der Waals surface area (Å²) < 4.78 is 14.2. The second-order valence-electron chi connectivity index (χ2n) is 8.49. The van der Waals surface area contributed by atoms with Crippen LogP contribution >= 0.6 is 0 Å². The molecule has 162 valence electrons. The molecule has 3 aromatic rings. The van der Waals surface area contributed by atoms with E-state index in [9.17, 15) is 19.9 Å². The van der Waals surface area contributed by atoms with Gasteiger partial charge in [-0.25, -0.2) is 14.4 Å². The summed E-state index contributed by atoms with van der Waals surface area (Å²) in [7, 11) is 10.9. The van der Waals surface area contributed by atoms with Gasteiger partial charge in [0.2, 0.25) is 5.95 Å². The minimum Gasteiger partial charge on any atom is -0.405 e. The standard InChI is InChI=1S/C23H20B2FN5O2/c1-12-5-17(26)15(23(24,25)33)8-19(12)31-21-28-4-3-18(30-21)13-6-14(9-27)20-16(7-13)22(2,11-32)10-29-20/h3-8,29,32-33H,10-11H2,1-2H3,(H,28,30,31). The second kappa shape index (κ2) is 8.18. The fourth-order valence-corrected chi connectivity index (χ4v) is 3.88. The molecule has 0 saturated carbocycles. The molecule has 1 atom stereocenters. The molecular weight excluding hydrogens is 419 g/mol. The summed E-state index contributed by atoms with van der Waals surface area (Å²) in [5.41, 5.74) is 3.41. The molecule has 0 bridgehead atoms. The molecule has 0 aliphatic carbocycles. The van der Waals surface area contributed by atoms with Gasteiger partial charge in [-0.3, -0.25) is 0 Å². The average molecular weight is 439 g/mol. The van der Waals surface area contributed by atoms with Gasteiger partial charge in [0.15, 0.2) is 0 Å². The molecule has 1 aromatic heterocycles. The van der Waals surface area contributed by atoms with Gasteiger partial charge in [-0.2, -0.15) is 5.26 Å². The molecule has 1 aliphatic heterocycles. The Bertz CT molecular complexity index is 1290. The number of halogens is 1. The van der Waals surface area contributed by atoms with Crippen LogP contribution in [0.2, 0.25) is 0 Å². The Morgan fingerprint density at radius 1 is 1.33 bits per heavy atom. The number of rotatable bonds is 5. The van der Waals surface area contributed by atoms with Crippen molar-refractivity contribution in [1.82, 2.24) is 9.97 Å². The van der Waals surface area contributed by atoms with Crippen LogP contribution in [0.25, 0.3) is 11.3 Å². The molecule has 4 radical (unpaired) electrons. The summed E-state index contributed by atoms with van der Waals surface area (Å²) in [6, 6.07) is 10.0. The van der Waals surface area contributed by atoms with Crippen LogP contribution in [0.5, 0.6) is 0 Å². The first kappa shape index (κ1) is 22.8. The lowest BCUT2D eigenvalue weighted by molar-refractivity contribution is 0.211. The van der Waals surface area contributed by atoms with Crippen molar-refractivity contribution in [3.8, 4) is 17.3 Å². The van der Waals surface area contributed by atoms with Gasteiger partial charge in [-0.1, -0.05) is 6.92 Å². The molecule has 0 spiro atoms. The third-order valence-electron chi connectivity index (χ3n) is 5.86. The maximum absolute atomic E-state index is 14.2. The lowest BCUT2D eigenvalue weighted by Gasteiger charge is -2.22. The largest absolute Gasteiger partial charge is 0.405 e. The first-order chi connectivity index (χ1) is 15.6. The van der Waals surface area contributed by atoms with Crippen LogP contribution in [-0.4, -0.2) is 49.0 Å². The Labute approximate surface area is 193 Å². The Hall–Kier alpha value is -3.41. The fourth-order valence-electron chi connectivity index (χ4n) is 3.88. The van der Waals surface area contributed by atoms with Gasteiger partial charge in [0.1, 0.15) is 27.6 Å². The van der Waals surface area contributed by atoms with Gasteiger partial charge in [0.05, 0.1) is 23.6 Å². The van der Waals surface area contributed by atoms with E-state index in [2.05, 4.69) is 26.7 Å². The van der Waals surface area contributed by atoms with Crippen molar-refractivity contribution in [2.75, 3.05) is 23.8 Å². The van der Waals surface area contributed by atoms with Gasteiger partial charge >= 0.3 is 0 Å². The number of nitrogens with one attached hydrogen (secondary N) is 2. The lowest BCUT2D eigenvalue weighted by Crippen LogP contribution is -2.28. The summed E-state index contributed by atoms with van der Waals surface area (Å²) in [5, 5.41) is 33.3. The number of hydrogen-bond acceptors (Lipinski definition) is 7. The quantitative estimate of drug-likeness (QED) is 0.452. The molecule has 10 heteroatoms. The van der Waals surface area contributed by atoms with Crippen LogP contribution < -0.4 is 10.6 Å². The molecule has 2 heterocycles. The van der Waals surface area contributed by atoms with Gasteiger partial charge in [-0.15, -0.1) is 0 Å². The second-order valence-corrected chi connectivity index (χ2v) is 8.49. The molecular formula is C23H20B2FN5O2. The van der Waals surface area contributed by atoms with E-state index in [1.54, 1.807) is 25.3 Å². The zero-order valence-corrected chi connectivity index (χ0v) is 18.1. The van der Waals surface area contributed by atoms with Crippen LogP contribution in [0, 0.1) is 24.1 Å². The summed E-state index contributed by atoms with van der Waals surface area (Å²) >= 11 is 0. The highest BCUT2D eigenvalue weighted by Gasteiger charge is 2.36. The Morgan fingerprint density at radius 3 is 2.76 bits per heavy atom. The van der Waals surface area contributed by atoms with Crippen molar-refractivity contribution in [1.29, 1.82) is 5.26 Å². The SMILES string of the molecule is [B]C([B])(O)c1cc(Nc2nccc(-c3cc(C#N)c4c(c3)C(C)(CO)CN4)n2)c(C)cc1F. The Kier molecular flexibility index (Phi) is 5.64. The molecule has 4 rings (SSSR count). The predicted molar refractivity (Wildman–Crippen MR) is 125 cm³/mol. The van der Waals surface area contributed by atoms with E-state index in [4.69, 9.17) is 15.7 Å². The average Bonchev–Trinajstić information content (AvgIpc) is 3.11. The third-order valence-corrected chi connectivity index (χ3v) is 5.86. The van der Waals surface area contributed by atoms with E-state index in [0.29, 0.717) is 34.6 Å². The normalized spacial score (nSPS) is 17.2. The van der Waals surface area contributed by atoms with Crippen LogP contribution in [0.15, 0.2) is 36.5 Å². The Balaban J connectivity index is 1.74. The zero-order valence-electron chi connectivity index (χ0n) is 18.1. The first-order valence-electron chi connectivity index (χ1n) is 10.2. The van der Waals surface area contributed by atoms with E-state index < -0.39 is 16.6 Å². The van der Waals surface area contributed by atoms with Crippen LogP contribution in [-0.2, 0) is 10.8 Å². The number of aliphatic hydroxyl groups excluding tert-OH is 1. The smallest absolute Gasteiger partial charge is 0.227 e. The van der Waals surface area contributed by atoms with Crippen LogP contribution in [0.1, 0.15) is 29.2 Å². The highest BCUT2D eigenvalue weighted by Crippen LogP contribution is 2.41. The van der Waals surface area contributed by atoms with Gasteiger partial charge in [-0.05, 0) is 48.4 Å². The number of fused-ring (bicyclic) bond motifs is 1. The van der Waals surface area contributed by atoms with Crippen molar-refractivity contribution in [2.24, 2.45) is 0 Å². The summed E-state index contributed by atoms with van der Waals surface area (Å²) in [6.07, 6.45) is 1.55. The van der Waals surface area contributed by atoms with Crippen molar-refractivity contribution in [2.45, 2.75) is 24.7 Å². The molecule has 4 N–H and O–H groups in total. The lowest BCUT2D eigenvalue weighted by atomic mass is 9.61. The molecule has 1 unspecified atom stereocenters. The van der Waals surface area contributed by atoms with E-state index in [0.717, 1.165) is 11.3 Å². The van der Waals surface area contributed by atoms with E-state index in [1.165, 1.54) is 12.1 Å². The number of nitrogens with zero attached hydrogens (tertiary/aromatic N) is 3. The monoisotopic (exact) mass is 439 g/mol. The van der Waals surface area contributed by atoms with Gasteiger partial charge in [0, 0.05) is 40.4 Å². The summed E-state index contributed by atoms with van der Waals surface area (Å²) in [6.45, 7) is 4.05. The molecule has 0 saturated heterocycles. The third kappa shape index (κ3) is 4.17. The van der Waals surface area contributed by atoms with Gasteiger partial charge in [0.25, 0.3) is 0 Å². The van der Waals surface area contributed by atoms with Crippen LogP contribution in [0.3, 0.4) is 0 Å². The van der Waals surface area contributed by atoms with Crippen LogP contribution in [0.4, 0.5) is 21.7 Å². The van der Waals surface area contributed by atoms with Crippen molar-refractivity contribution in [3.05, 3.63) is 64.6 Å².